The van der Waals surface area contributed by atoms with Crippen molar-refractivity contribution in [3.8, 4) is 0 Å². The molecule has 6 nitrogen and oxygen atoms in total. The van der Waals surface area contributed by atoms with Gasteiger partial charge in [0.15, 0.2) is 5.16 Å². The fraction of sp³-hybridized carbons (Fsp3) is 0.400. The quantitative estimate of drug-likeness (QED) is 0.444. The lowest BCUT2D eigenvalue weighted by Crippen LogP contribution is -2.02. The van der Waals surface area contributed by atoms with Crippen molar-refractivity contribution >= 4 is 17.7 Å². The number of carbonyl (C=O) groups is 1. The van der Waals surface area contributed by atoms with E-state index in [1.165, 1.54) is 31.7 Å². The predicted octanol–water partition coefficient (Wildman–Crippen LogP) is 3.01. The summed E-state index contributed by atoms with van der Waals surface area (Å²) in [6, 6.07) is 3.39. The van der Waals surface area contributed by atoms with E-state index in [0.29, 0.717) is 24.0 Å². The van der Waals surface area contributed by atoms with E-state index in [1.54, 1.807) is 12.1 Å². The van der Waals surface area contributed by atoms with Crippen molar-refractivity contribution in [3.05, 3.63) is 42.1 Å². The van der Waals surface area contributed by atoms with Crippen molar-refractivity contribution in [1.82, 2.24) is 14.8 Å². The second kappa shape index (κ2) is 6.39. The third kappa shape index (κ3) is 3.09. The van der Waals surface area contributed by atoms with Gasteiger partial charge >= 0.3 is 5.97 Å². The highest BCUT2D eigenvalue weighted by Crippen LogP contribution is 2.40. The molecule has 7 heteroatoms. The zero-order valence-corrected chi connectivity index (χ0v) is 13.1. The van der Waals surface area contributed by atoms with Gasteiger partial charge in [-0.1, -0.05) is 17.8 Å². The molecule has 0 radical (unpaired) electrons. The summed E-state index contributed by atoms with van der Waals surface area (Å²) in [7, 11) is 1.33. The maximum Gasteiger partial charge on any atom is 0.373 e. The number of nitrogens with zero attached hydrogens (tertiary/aromatic N) is 3. The lowest BCUT2D eigenvalue weighted by molar-refractivity contribution is 0.0563. The summed E-state index contributed by atoms with van der Waals surface area (Å²) < 4.78 is 12.2. The zero-order chi connectivity index (χ0) is 15.5. The first-order chi connectivity index (χ1) is 10.7. The van der Waals surface area contributed by atoms with Crippen LogP contribution in [0.15, 0.2) is 34.4 Å². The molecule has 0 N–H and O–H groups in total. The van der Waals surface area contributed by atoms with Crippen LogP contribution in [0.2, 0.25) is 0 Å². The number of rotatable bonds is 7. The fourth-order valence-corrected chi connectivity index (χ4v) is 3.00. The number of hydrogen-bond acceptors (Lipinski definition) is 6. The first kappa shape index (κ1) is 14.9. The maximum atomic E-state index is 11.4. The molecule has 0 spiro atoms. The molecular weight excluding hydrogens is 302 g/mol. The van der Waals surface area contributed by atoms with E-state index in [4.69, 9.17) is 4.42 Å². The van der Waals surface area contributed by atoms with E-state index >= 15 is 0 Å². The van der Waals surface area contributed by atoms with Gasteiger partial charge in [0.25, 0.3) is 0 Å². The standard InChI is InChI=1S/C15H17N3O3S/c1-3-8-18-13(10-4-5-10)16-17-15(18)22-9-11-6-7-12(21-11)14(19)20-2/h3,6-7,10H,1,4-5,8-9H2,2H3. The van der Waals surface area contributed by atoms with E-state index in [2.05, 4.69) is 26.1 Å². The Hall–Kier alpha value is -2.02. The Kier molecular flexibility index (Phi) is 4.33. The minimum Gasteiger partial charge on any atom is -0.463 e. The highest BCUT2D eigenvalue weighted by Gasteiger charge is 2.30. The Morgan fingerprint density at radius 1 is 1.55 bits per heavy atom. The second-order valence-electron chi connectivity index (χ2n) is 5.06. The van der Waals surface area contributed by atoms with Gasteiger partial charge in [-0.2, -0.15) is 0 Å². The molecule has 0 aromatic carbocycles. The van der Waals surface area contributed by atoms with Gasteiger partial charge in [0, 0.05) is 12.5 Å². The van der Waals surface area contributed by atoms with Crippen LogP contribution >= 0.6 is 11.8 Å². The molecule has 2 aromatic rings. The van der Waals surface area contributed by atoms with Crippen LogP contribution in [0.25, 0.3) is 0 Å². The molecule has 0 unspecified atom stereocenters. The second-order valence-corrected chi connectivity index (χ2v) is 6.00. The van der Waals surface area contributed by atoms with Crippen molar-refractivity contribution in [1.29, 1.82) is 0 Å². The van der Waals surface area contributed by atoms with Crippen LogP contribution in [0.5, 0.6) is 0 Å². The Bertz CT molecular complexity index is 688. The SMILES string of the molecule is C=CCn1c(SCc2ccc(C(=O)OC)o2)nnc1C1CC1. The van der Waals surface area contributed by atoms with E-state index in [1.807, 2.05) is 6.08 Å². The Balaban J connectivity index is 1.69. The van der Waals surface area contributed by atoms with Crippen molar-refractivity contribution < 1.29 is 13.9 Å². The summed E-state index contributed by atoms with van der Waals surface area (Å²) in [5.41, 5.74) is 0. The van der Waals surface area contributed by atoms with Gasteiger partial charge < -0.3 is 13.7 Å². The van der Waals surface area contributed by atoms with Crippen LogP contribution < -0.4 is 0 Å². The minimum absolute atomic E-state index is 0.212. The van der Waals surface area contributed by atoms with Crippen molar-refractivity contribution in [2.75, 3.05) is 7.11 Å². The number of thioether (sulfide) groups is 1. The lowest BCUT2D eigenvalue weighted by atomic mass is 10.4. The molecule has 0 saturated heterocycles. The number of methoxy groups -OCH3 is 1. The molecule has 2 aromatic heterocycles. The largest absolute Gasteiger partial charge is 0.463 e. The number of carbonyl (C=O) groups excluding carboxylic acids is 1. The molecule has 0 amide bonds. The van der Waals surface area contributed by atoms with E-state index in [9.17, 15) is 4.79 Å². The molecule has 1 fully saturated rings. The third-order valence-electron chi connectivity index (χ3n) is 3.39. The van der Waals surface area contributed by atoms with Crippen LogP contribution in [-0.4, -0.2) is 27.8 Å². The lowest BCUT2D eigenvalue weighted by Gasteiger charge is -2.06. The van der Waals surface area contributed by atoms with Crippen LogP contribution in [0.4, 0.5) is 0 Å². The van der Waals surface area contributed by atoms with Gasteiger partial charge in [0.05, 0.1) is 12.9 Å². The van der Waals surface area contributed by atoms with Gasteiger partial charge in [0.2, 0.25) is 5.76 Å². The molecule has 3 rings (SSSR count). The minimum atomic E-state index is -0.470. The fourth-order valence-electron chi connectivity index (χ4n) is 2.15. The van der Waals surface area contributed by atoms with Gasteiger partial charge in [-0.15, -0.1) is 16.8 Å². The number of aromatic nitrogens is 3. The smallest absolute Gasteiger partial charge is 0.373 e. The number of hydrogen-bond donors (Lipinski definition) is 0. The number of esters is 1. The molecule has 0 bridgehead atoms. The van der Waals surface area contributed by atoms with Crippen LogP contribution in [0.3, 0.4) is 0 Å². The number of ether oxygens (including phenoxy) is 1. The molecular formula is C15H17N3O3S. The topological polar surface area (TPSA) is 70.2 Å². The predicted molar refractivity (Wildman–Crippen MR) is 81.8 cm³/mol. The van der Waals surface area contributed by atoms with Crippen LogP contribution in [-0.2, 0) is 17.0 Å². The third-order valence-corrected chi connectivity index (χ3v) is 4.38. The number of furan rings is 1. The van der Waals surface area contributed by atoms with E-state index < -0.39 is 5.97 Å². The van der Waals surface area contributed by atoms with Crippen molar-refractivity contribution in [2.24, 2.45) is 0 Å². The molecule has 116 valence electrons. The summed E-state index contributed by atoms with van der Waals surface area (Å²) in [6.45, 7) is 4.49. The van der Waals surface area contributed by atoms with Crippen molar-refractivity contribution in [3.63, 3.8) is 0 Å². The molecule has 1 aliphatic carbocycles. The van der Waals surface area contributed by atoms with Crippen LogP contribution in [0.1, 0.15) is 40.9 Å². The summed E-state index contributed by atoms with van der Waals surface area (Å²) in [6.07, 6.45) is 4.21. The van der Waals surface area contributed by atoms with Crippen molar-refractivity contribution in [2.45, 2.75) is 36.2 Å². The Morgan fingerprint density at radius 3 is 3.05 bits per heavy atom. The molecule has 22 heavy (non-hydrogen) atoms. The molecule has 2 heterocycles. The zero-order valence-electron chi connectivity index (χ0n) is 12.3. The normalized spacial score (nSPS) is 14.0. The van der Waals surface area contributed by atoms with Gasteiger partial charge in [-0.3, -0.25) is 0 Å². The Morgan fingerprint density at radius 2 is 2.36 bits per heavy atom. The van der Waals surface area contributed by atoms with Gasteiger partial charge in [0.1, 0.15) is 11.6 Å². The van der Waals surface area contributed by atoms with Crippen LogP contribution in [0, 0.1) is 0 Å². The maximum absolute atomic E-state index is 11.4. The molecule has 0 atom stereocenters. The summed E-state index contributed by atoms with van der Waals surface area (Å²) in [4.78, 5) is 11.4. The average molecular weight is 319 g/mol. The first-order valence-electron chi connectivity index (χ1n) is 7.06. The first-order valence-corrected chi connectivity index (χ1v) is 8.05. The van der Waals surface area contributed by atoms with Gasteiger partial charge in [-0.25, -0.2) is 4.79 Å². The van der Waals surface area contributed by atoms with Gasteiger partial charge in [-0.05, 0) is 25.0 Å². The molecule has 1 saturated carbocycles. The van der Waals surface area contributed by atoms with E-state index in [0.717, 1.165) is 11.0 Å². The Labute approximate surface area is 132 Å². The highest BCUT2D eigenvalue weighted by molar-refractivity contribution is 7.98. The summed E-state index contributed by atoms with van der Waals surface area (Å²) in [5, 5.41) is 9.40. The van der Waals surface area contributed by atoms with E-state index in [-0.39, 0.29) is 5.76 Å². The number of allylic oxidation sites excluding steroid dienone is 1. The molecule has 1 aliphatic rings. The average Bonchev–Trinajstić information content (AvgIpc) is 3.13. The summed E-state index contributed by atoms with van der Waals surface area (Å²) in [5.74, 6) is 2.60. The summed E-state index contributed by atoms with van der Waals surface area (Å²) >= 11 is 1.53. The molecule has 0 aliphatic heterocycles. The highest BCUT2D eigenvalue weighted by atomic mass is 32.2. The monoisotopic (exact) mass is 319 g/mol.